The Hall–Kier alpha value is -0.560. The van der Waals surface area contributed by atoms with E-state index in [2.05, 4.69) is 20.1 Å². The minimum absolute atomic E-state index is 0.583. The fourth-order valence-electron chi connectivity index (χ4n) is 0. The molecule has 62 valence electrons. The molecule has 1 nitrogen and oxygen atoms in total. The van der Waals surface area contributed by atoms with Crippen LogP contribution in [0, 0.1) is 0 Å². The van der Waals surface area contributed by atoms with Crippen molar-refractivity contribution >= 4 is 0 Å². The van der Waals surface area contributed by atoms with Crippen LogP contribution in [0.3, 0.4) is 0 Å². The third-order valence-corrected chi connectivity index (χ3v) is 0.455. The third kappa shape index (κ3) is 149. The molecular formula is C9H21N. The first kappa shape index (κ1) is 16.2. The monoisotopic (exact) mass is 143 g/mol. The SMILES string of the molecule is C=CCC.C=CCN.CC. The molecule has 0 amide bonds. The van der Waals surface area contributed by atoms with Gasteiger partial charge in [0.2, 0.25) is 0 Å². The van der Waals surface area contributed by atoms with Crippen molar-refractivity contribution in [2.24, 2.45) is 5.73 Å². The molecule has 0 saturated carbocycles. The summed E-state index contributed by atoms with van der Waals surface area (Å²) >= 11 is 0. The number of hydrogen-bond acceptors (Lipinski definition) is 1. The lowest BCUT2D eigenvalue weighted by molar-refractivity contribution is 1.23. The van der Waals surface area contributed by atoms with Gasteiger partial charge in [-0.15, -0.1) is 13.2 Å². The van der Waals surface area contributed by atoms with Crippen LogP contribution in [0.15, 0.2) is 25.3 Å². The molecule has 1 heteroatoms. The van der Waals surface area contributed by atoms with Crippen molar-refractivity contribution in [3.05, 3.63) is 25.3 Å². The molecule has 0 aromatic rings. The van der Waals surface area contributed by atoms with Gasteiger partial charge in [0.25, 0.3) is 0 Å². The largest absolute Gasteiger partial charge is 0.327 e. The van der Waals surface area contributed by atoms with E-state index in [1.54, 1.807) is 6.08 Å². The lowest BCUT2D eigenvalue weighted by Crippen LogP contribution is -1.90. The second kappa shape index (κ2) is 39.5. The summed E-state index contributed by atoms with van der Waals surface area (Å²) in [5.41, 5.74) is 4.91. The van der Waals surface area contributed by atoms with E-state index in [0.29, 0.717) is 6.54 Å². The molecule has 0 unspecified atom stereocenters. The minimum atomic E-state index is 0.583. The van der Waals surface area contributed by atoms with E-state index in [1.165, 1.54) is 0 Å². The zero-order valence-corrected chi connectivity index (χ0v) is 7.56. The molecular weight excluding hydrogens is 122 g/mol. The fourth-order valence-corrected chi connectivity index (χ4v) is 0. The first-order valence-electron chi connectivity index (χ1n) is 3.75. The van der Waals surface area contributed by atoms with Crippen molar-refractivity contribution in [2.75, 3.05) is 6.54 Å². The number of rotatable bonds is 2. The van der Waals surface area contributed by atoms with Crippen LogP contribution in [0.5, 0.6) is 0 Å². The Morgan fingerprint density at radius 1 is 1.20 bits per heavy atom. The third-order valence-electron chi connectivity index (χ3n) is 0.455. The fraction of sp³-hybridized carbons (Fsp3) is 0.556. The molecule has 0 aliphatic rings. The normalized spacial score (nSPS) is 5.60. The molecule has 10 heavy (non-hydrogen) atoms. The van der Waals surface area contributed by atoms with Crippen LogP contribution in [0.2, 0.25) is 0 Å². The highest BCUT2D eigenvalue weighted by Crippen LogP contribution is 1.66. The van der Waals surface area contributed by atoms with Gasteiger partial charge in [-0.3, -0.25) is 0 Å². The maximum Gasteiger partial charge on any atom is 0.0104 e. The van der Waals surface area contributed by atoms with Gasteiger partial charge in [-0.1, -0.05) is 32.9 Å². The van der Waals surface area contributed by atoms with Gasteiger partial charge in [0.15, 0.2) is 0 Å². The molecule has 0 radical (unpaired) electrons. The topological polar surface area (TPSA) is 26.0 Å². The van der Waals surface area contributed by atoms with E-state index in [0.717, 1.165) is 6.42 Å². The highest BCUT2D eigenvalue weighted by molar-refractivity contribution is 4.64. The van der Waals surface area contributed by atoms with E-state index < -0.39 is 0 Å². The summed E-state index contributed by atoms with van der Waals surface area (Å²) in [7, 11) is 0. The molecule has 0 spiro atoms. The minimum Gasteiger partial charge on any atom is -0.327 e. The molecule has 0 fully saturated rings. The van der Waals surface area contributed by atoms with Crippen molar-refractivity contribution in [3.8, 4) is 0 Å². The molecule has 0 aromatic heterocycles. The van der Waals surface area contributed by atoms with E-state index in [-0.39, 0.29) is 0 Å². The van der Waals surface area contributed by atoms with Crippen LogP contribution in [-0.2, 0) is 0 Å². The molecule has 0 atom stereocenters. The first-order chi connectivity index (χ1) is 4.83. The van der Waals surface area contributed by atoms with E-state index in [1.807, 2.05) is 19.9 Å². The predicted octanol–water partition coefficient (Wildman–Crippen LogP) is 2.74. The average Bonchev–Trinajstić information content (AvgIpc) is 2.08. The predicted molar refractivity (Wildman–Crippen MR) is 51.1 cm³/mol. The summed E-state index contributed by atoms with van der Waals surface area (Å²) < 4.78 is 0. The second-order valence-corrected chi connectivity index (χ2v) is 1.22. The second-order valence-electron chi connectivity index (χ2n) is 1.22. The van der Waals surface area contributed by atoms with Crippen molar-refractivity contribution in [3.63, 3.8) is 0 Å². The molecule has 0 heterocycles. The van der Waals surface area contributed by atoms with Crippen LogP contribution in [-0.4, -0.2) is 6.54 Å². The van der Waals surface area contributed by atoms with Gasteiger partial charge < -0.3 is 5.73 Å². The van der Waals surface area contributed by atoms with Gasteiger partial charge in [-0.05, 0) is 6.42 Å². The zero-order valence-electron chi connectivity index (χ0n) is 7.56. The van der Waals surface area contributed by atoms with Crippen LogP contribution < -0.4 is 5.73 Å². The van der Waals surface area contributed by atoms with Gasteiger partial charge in [-0.2, -0.15) is 0 Å². The van der Waals surface area contributed by atoms with Crippen molar-refractivity contribution < 1.29 is 0 Å². The number of nitrogens with two attached hydrogens (primary N) is 1. The smallest absolute Gasteiger partial charge is 0.0104 e. The Kier molecular flexibility index (Phi) is 64.0. The van der Waals surface area contributed by atoms with E-state index >= 15 is 0 Å². The van der Waals surface area contributed by atoms with Gasteiger partial charge in [-0.25, -0.2) is 0 Å². The Bertz CT molecular complexity index is 40.7. The summed E-state index contributed by atoms with van der Waals surface area (Å²) in [5.74, 6) is 0. The van der Waals surface area contributed by atoms with Gasteiger partial charge in [0.05, 0.1) is 0 Å². The van der Waals surface area contributed by atoms with Gasteiger partial charge in [0, 0.05) is 6.54 Å². The number of allylic oxidation sites excluding steroid dienone is 1. The maximum absolute atomic E-state index is 4.91. The van der Waals surface area contributed by atoms with Crippen molar-refractivity contribution in [1.29, 1.82) is 0 Å². The highest BCUT2D eigenvalue weighted by Gasteiger charge is 1.45. The van der Waals surface area contributed by atoms with Crippen molar-refractivity contribution in [1.82, 2.24) is 0 Å². The Morgan fingerprint density at radius 3 is 1.40 bits per heavy atom. The quantitative estimate of drug-likeness (QED) is 0.591. The Morgan fingerprint density at radius 2 is 1.40 bits per heavy atom. The van der Waals surface area contributed by atoms with Crippen LogP contribution >= 0.6 is 0 Å². The Balaban J connectivity index is -0.0000000787. The van der Waals surface area contributed by atoms with Gasteiger partial charge >= 0.3 is 0 Å². The molecule has 0 aliphatic carbocycles. The Labute approximate surface area is 65.6 Å². The summed E-state index contributed by atoms with van der Waals surface area (Å²) in [6.07, 6.45) is 4.61. The van der Waals surface area contributed by atoms with E-state index in [9.17, 15) is 0 Å². The average molecular weight is 143 g/mol. The van der Waals surface area contributed by atoms with Crippen molar-refractivity contribution in [2.45, 2.75) is 27.2 Å². The molecule has 0 aliphatic heterocycles. The first-order valence-corrected chi connectivity index (χ1v) is 3.75. The maximum atomic E-state index is 4.91. The highest BCUT2D eigenvalue weighted by atomic mass is 14.5. The molecule has 0 aromatic carbocycles. The molecule has 0 bridgehead atoms. The lowest BCUT2D eigenvalue weighted by Gasteiger charge is -1.61. The van der Waals surface area contributed by atoms with Crippen LogP contribution in [0.4, 0.5) is 0 Å². The molecule has 0 saturated heterocycles. The van der Waals surface area contributed by atoms with Gasteiger partial charge in [0.1, 0.15) is 0 Å². The van der Waals surface area contributed by atoms with Crippen LogP contribution in [0.25, 0.3) is 0 Å². The molecule has 2 N–H and O–H groups in total. The zero-order chi connectivity index (χ0) is 8.83. The summed E-state index contributed by atoms with van der Waals surface area (Å²) in [4.78, 5) is 0. The van der Waals surface area contributed by atoms with E-state index in [4.69, 9.17) is 5.73 Å². The molecule has 0 rings (SSSR count). The summed E-state index contributed by atoms with van der Waals surface area (Å²) in [5, 5.41) is 0. The number of hydrogen-bond donors (Lipinski definition) is 1. The standard InChI is InChI=1S/C4H8.C3H7N.C2H6/c1-3-4-2;1-2-3-4;1-2/h3H,1,4H2,2H3;2H,1,3-4H2;1-2H3. The summed E-state index contributed by atoms with van der Waals surface area (Å²) in [6.45, 7) is 13.5. The summed E-state index contributed by atoms with van der Waals surface area (Å²) in [6, 6.07) is 0. The lowest BCUT2D eigenvalue weighted by atomic mass is 10.5. The van der Waals surface area contributed by atoms with Crippen LogP contribution in [0.1, 0.15) is 27.2 Å².